The van der Waals surface area contributed by atoms with E-state index in [0.29, 0.717) is 12.8 Å². The summed E-state index contributed by atoms with van der Waals surface area (Å²) in [5.74, 6) is -0.0219. The molecule has 0 bridgehead atoms. The van der Waals surface area contributed by atoms with Crippen LogP contribution in [0.15, 0.2) is 60.8 Å². The molecule has 5 heteroatoms. The maximum Gasteiger partial charge on any atom is 0.224 e. The van der Waals surface area contributed by atoms with E-state index in [4.69, 9.17) is 0 Å². The molecule has 24 heavy (non-hydrogen) atoms. The van der Waals surface area contributed by atoms with E-state index >= 15 is 0 Å². The lowest BCUT2D eigenvalue weighted by atomic mass is 10.2. The van der Waals surface area contributed by atoms with Crippen LogP contribution in [0.2, 0.25) is 0 Å². The predicted octanol–water partition coefficient (Wildman–Crippen LogP) is 4.42. The zero-order valence-corrected chi connectivity index (χ0v) is 13.7. The van der Waals surface area contributed by atoms with Gasteiger partial charge in [0.15, 0.2) is 0 Å². The highest BCUT2D eigenvalue weighted by atomic mass is 32.1. The van der Waals surface area contributed by atoms with Gasteiger partial charge in [-0.3, -0.25) is 9.78 Å². The van der Waals surface area contributed by atoms with E-state index in [9.17, 15) is 4.79 Å². The van der Waals surface area contributed by atoms with E-state index in [1.165, 1.54) is 0 Å². The Kier molecular flexibility index (Phi) is 3.92. The zero-order valence-electron chi connectivity index (χ0n) is 12.9. The molecule has 4 nitrogen and oxygen atoms in total. The Bertz CT molecular complexity index is 992. The summed E-state index contributed by atoms with van der Waals surface area (Å²) >= 11 is 1.64. The Morgan fingerprint density at radius 1 is 1.04 bits per heavy atom. The summed E-state index contributed by atoms with van der Waals surface area (Å²) in [6.07, 6.45) is 2.75. The molecule has 0 aliphatic rings. The van der Waals surface area contributed by atoms with Crippen LogP contribution >= 0.6 is 11.3 Å². The van der Waals surface area contributed by atoms with E-state index in [0.717, 1.165) is 31.8 Å². The zero-order chi connectivity index (χ0) is 16.4. The number of hydrogen-bond donors (Lipinski definition) is 1. The molecule has 0 unspecified atom stereocenters. The number of pyridine rings is 1. The summed E-state index contributed by atoms with van der Waals surface area (Å²) in [4.78, 5) is 21.1. The SMILES string of the molecule is O=C(CCc1nc2ccccc2s1)Nc1cnc2ccccc2c1. The van der Waals surface area contributed by atoms with E-state index < -0.39 is 0 Å². The molecule has 118 valence electrons. The highest BCUT2D eigenvalue weighted by Crippen LogP contribution is 2.22. The maximum atomic E-state index is 12.2. The molecule has 0 atom stereocenters. The number of carbonyl (C=O) groups excluding carboxylic acids is 1. The standard InChI is InChI=1S/C19H15N3OS/c23-18(9-10-19-22-16-7-3-4-8-17(16)24-19)21-14-11-13-5-1-2-6-15(13)20-12-14/h1-8,11-12H,9-10H2,(H,21,23). The Morgan fingerprint density at radius 3 is 2.71 bits per heavy atom. The normalized spacial score (nSPS) is 11.0. The fourth-order valence-electron chi connectivity index (χ4n) is 2.61. The van der Waals surface area contributed by atoms with Crippen LogP contribution in [0.1, 0.15) is 11.4 Å². The number of anilines is 1. The van der Waals surface area contributed by atoms with E-state index in [-0.39, 0.29) is 5.91 Å². The number of amides is 1. The van der Waals surface area contributed by atoms with E-state index in [1.807, 2.05) is 48.5 Å². The van der Waals surface area contributed by atoms with Crippen LogP contribution < -0.4 is 5.32 Å². The van der Waals surface area contributed by atoms with Crippen molar-refractivity contribution < 1.29 is 4.79 Å². The second-order valence-electron chi connectivity index (χ2n) is 5.54. The van der Waals surface area contributed by atoms with Crippen molar-refractivity contribution in [3.05, 3.63) is 65.8 Å². The third kappa shape index (κ3) is 3.12. The molecule has 0 aliphatic carbocycles. The van der Waals surface area contributed by atoms with Crippen molar-refractivity contribution in [2.24, 2.45) is 0 Å². The van der Waals surface area contributed by atoms with Crippen molar-refractivity contribution in [3.8, 4) is 0 Å². The molecule has 0 radical (unpaired) electrons. The minimum absolute atomic E-state index is 0.0219. The van der Waals surface area contributed by atoms with Gasteiger partial charge in [0, 0.05) is 18.2 Å². The van der Waals surface area contributed by atoms with Crippen LogP contribution in [-0.2, 0) is 11.2 Å². The molecule has 0 aliphatic heterocycles. The number of para-hydroxylation sites is 2. The van der Waals surface area contributed by atoms with Gasteiger partial charge >= 0.3 is 0 Å². The van der Waals surface area contributed by atoms with Gasteiger partial charge in [0.05, 0.1) is 32.6 Å². The van der Waals surface area contributed by atoms with Crippen molar-refractivity contribution >= 4 is 44.1 Å². The summed E-state index contributed by atoms with van der Waals surface area (Å²) in [6.45, 7) is 0. The minimum atomic E-state index is -0.0219. The van der Waals surface area contributed by atoms with Gasteiger partial charge in [-0.1, -0.05) is 30.3 Å². The van der Waals surface area contributed by atoms with Gasteiger partial charge in [0.25, 0.3) is 0 Å². The molecule has 0 saturated carbocycles. The number of nitrogens with one attached hydrogen (secondary N) is 1. The molecule has 0 spiro atoms. The molecule has 2 heterocycles. The summed E-state index contributed by atoms with van der Waals surface area (Å²) in [7, 11) is 0. The molecule has 4 aromatic rings. The van der Waals surface area contributed by atoms with Gasteiger partial charge in [0.2, 0.25) is 5.91 Å². The highest BCUT2D eigenvalue weighted by Gasteiger charge is 2.08. The molecule has 2 aromatic heterocycles. The Labute approximate surface area is 143 Å². The number of fused-ring (bicyclic) bond motifs is 2. The summed E-state index contributed by atoms with van der Waals surface area (Å²) < 4.78 is 1.16. The molecule has 4 rings (SSSR count). The quantitative estimate of drug-likeness (QED) is 0.601. The number of hydrogen-bond acceptors (Lipinski definition) is 4. The predicted molar refractivity (Wildman–Crippen MR) is 98.3 cm³/mol. The number of aromatic nitrogens is 2. The molecule has 0 fully saturated rings. The van der Waals surface area contributed by atoms with Crippen molar-refractivity contribution in [3.63, 3.8) is 0 Å². The van der Waals surface area contributed by atoms with Crippen molar-refractivity contribution in [1.29, 1.82) is 0 Å². The van der Waals surface area contributed by atoms with Crippen LogP contribution in [0.25, 0.3) is 21.1 Å². The van der Waals surface area contributed by atoms with Crippen LogP contribution in [0.3, 0.4) is 0 Å². The fourth-order valence-corrected chi connectivity index (χ4v) is 3.58. The number of nitrogens with zero attached hydrogens (tertiary/aromatic N) is 2. The highest BCUT2D eigenvalue weighted by molar-refractivity contribution is 7.18. The first-order chi connectivity index (χ1) is 11.8. The van der Waals surface area contributed by atoms with Crippen LogP contribution in [0.5, 0.6) is 0 Å². The lowest BCUT2D eigenvalue weighted by molar-refractivity contribution is -0.116. The van der Waals surface area contributed by atoms with E-state index in [1.54, 1.807) is 17.5 Å². The van der Waals surface area contributed by atoms with Crippen molar-refractivity contribution in [2.75, 3.05) is 5.32 Å². The molecular formula is C19H15N3OS. The Balaban J connectivity index is 1.42. The molecule has 1 N–H and O–H groups in total. The number of rotatable bonds is 4. The summed E-state index contributed by atoms with van der Waals surface area (Å²) in [5.41, 5.74) is 2.64. The lowest BCUT2D eigenvalue weighted by Gasteiger charge is -2.05. The lowest BCUT2D eigenvalue weighted by Crippen LogP contribution is -2.12. The van der Waals surface area contributed by atoms with Crippen LogP contribution in [0, 0.1) is 0 Å². The number of thiazole rings is 1. The first-order valence-corrected chi connectivity index (χ1v) is 8.59. The first kappa shape index (κ1) is 14.8. The largest absolute Gasteiger partial charge is 0.325 e. The number of carbonyl (C=O) groups is 1. The van der Waals surface area contributed by atoms with Crippen LogP contribution in [-0.4, -0.2) is 15.9 Å². The van der Waals surface area contributed by atoms with Crippen LogP contribution in [0.4, 0.5) is 5.69 Å². The van der Waals surface area contributed by atoms with Crippen molar-refractivity contribution in [1.82, 2.24) is 9.97 Å². The summed E-state index contributed by atoms with van der Waals surface area (Å²) in [6, 6.07) is 17.8. The molecule has 0 saturated heterocycles. The van der Waals surface area contributed by atoms with Crippen molar-refractivity contribution in [2.45, 2.75) is 12.8 Å². The Morgan fingerprint density at radius 2 is 1.83 bits per heavy atom. The molecule has 2 aromatic carbocycles. The van der Waals surface area contributed by atoms with Gasteiger partial charge in [0.1, 0.15) is 0 Å². The Hall–Kier alpha value is -2.79. The van der Waals surface area contributed by atoms with Gasteiger partial charge in [-0.2, -0.15) is 0 Å². The average Bonchev–Trinajstić information content (AvgIpc) is 3.03. The number of benzene rings is 2. The fraction of sp³-hybridized carbons (Fsp3) is 0.105. The second-order valence-corrected chi connectivity index (χ2v) is 6.66. The monoisotopic (exact) mass is 333 g/mol. The minimum Gasteiger partial charge on any atom is -0.325 e. The molecule has 1 amide bonds. The second kappa shape index (κ2) is 6.37. The third-order valence-electron chi connectivity index (χ3n) is 3.78. The van der Waals surface area contributed by atoms with Gasteiger partial charge < -0.3 is 5.32 Å². The molecular weight excluding hydrogens is 318 g/mol. The van der Waals surface area contributed by atoms with E-state index in [2.05, 4.69) is 21.4 Å². The smallest absolute Gasteiger partial charge is 0.224 e. The topological polar surface area (TPSA) is 54.9 Å². The first-order valence-electron chi connectivity index (χ1n) is 7.77. The third-order valence-corrected chi connectivity index (χ3v) is 4.87. The summed E-state index contributed by atoms with van der Waals surface area (Å²) in [5, 5.41) is 4.92. The van der Waals surface area contributed by atoms with Gasteiger partial charge in [-0.25, -0.2) is 4.98 Å². The number of aryl methyl sites for hydroxylation is 1. The average molecular weight is 333 g/mol. The maximum absolute atomic E-state index is 12.2. The van der Waals surface area contributed by atoms with Gasteiger partial charge in [-0.15, -0.1) is 11.3 Å². The van der Waals surface area contributed by atoms with Gasteiger partial charge in [-0.05, 0) is 24.3 Å².